The average Bonchev–Trinajstić information content (AvgIpc) is 2.14. The predicted octanol–water partition coefficient (Wildman–Crippen LogP) is 1.67. The van der Waals surface area contributed by atoms with Crippen LogP contribution in [0.4, 0.5) is 0 Å². The van der Waals surface area contributed by atoms with E-state index in [2.05, 4.69) is 26.8 Å². The fourth-order valence-electron chi connectivity index (χ4n) is 1.51. The summed E-state index contributed by atoms with van der Waals surface area (Å²) in [7, 11) is -0.281. The van der Waals surface area contributed by atoms with Crippen LogP contribution in [0.15, 0.2) is 24.3 Å². The second-order valence-electron chi connectivity index (χ2n) is 5.04. The van der Waals surface area contributed by atoms with Crippen molar-refractivity contribution in [3.8, 4) is 6.07 Å². The number of rotatable bonds is 1. The van der Waals surface area contributed by atoms with Crippen LogP contribution in [0.1, 0.15) is 26.3 Å². The number of nitrogens with zero attached hydrogens (tertiary/aromatic N) is 1. The van der Waals surface area contributed by atoms with Crippen LogP contribution >= 0.6 is 0 Å². The molecule has 0 aromatic heterocycles. The fourth-order valence-corrected chi connectivity index (χ4v) is 1.51. The van der Waals surface area contributed by atoms with Gasteiger partial charge < -0.3 is 9.31 Å². The minimum Gasteiger partial charge on any atom is -0.382 e. The predicted molar refractivity (Wildman–Crippen MR) is 62.0 cm³/mol. The van der Waals surface area contributed by atoms with Gasteiger partial charge in [0.05, 0.1) is 11.6 Å². The topological polar surface area (TPSA) is 42.2 Å². The summed E-state index contributed by atoms with van der Waals surface area (Å²) in [5, 5.41) is 8.67. The van der Waals surface area contributed by atoms with Crippen molar-refractivity contribution < 1.29 is 9.31 Å². The van der Waals surface area contributed by atoms with Crippen LogP contribution in [0.25, 0.3) is 0 Å². The van der Waals surface area contributed by atoms with Crippen LogP contribution in [0.5, 0.6) is 0 Å². The second-order valence-corrected chi connectivity index (χ2v) is 5.04. The van der Waals surface area contributed by atoms with E-state index < -0.39 is 0 Å². The Bertz CT molecular complexity index is 410. The van der Waals surface area contributed by atoms with E-state index in [0.29, 0.717) is 5.56 Å². The molecule has 1 aromatic carbocycles. The van der Waals surface area contributed by atoms with Crippen molar-refractivity contribution in [1.82, 2.24) is 0 Å². The Morgan fingerprint density at radius 2 is 1.75 bits per heavy atom. The Morgan fingerprint density at radius 1 is 1.19 bits per heavy atom. The van der Waals surface area contributed by atoms with E-state index in [1.165, 1.54) is 0 Å². The summed E-state index contributed by atoms with van der Waals surface area (Å²) in [4.78, 5) is 0. The van der Waals surface area contributed by atoms with Crippen molar-refractivity contribution in [2.45, 2.75) is 27.1 Å². The zero-order chi connectivity index (χ0) is 11.8. The molecule has 3 nitrogen and oxygen atoms in total. The molecule has 0 radical (unpaired) electrons. The molecule has 1 aliphatic heterocycles. The molecule has 0 unspecified atom stereocenters. The first-order valence-corrected chi connectivity index (χ1v) is 5.32. The van der Waals surface area contributed by atoms with Crippen LogP contribution in [-0.4, -0.2) is 13.4 Å². The SMILES string of the molecule is CC(C)(C)C1OB(c2ccc(C#N)cc2)O1. The number of nitriles is 1. The molecule has 1 aliphatic rings. The highest BCUT2D eigenvalue weighted by atomic mass is 16.8. The van der Waals surface area contributed by atoms with Crippen LogP contribution in [0.2, 0.25) is 0 Å². The highest BCUT2D eigenvalue weighted by molar-refractivity contribution is 6.62. The lowest BCUT2D eigenvalue weighted by Crippen LogP contribution is -2.57. The first-order chi connectivity index (χ1) is 7.50. The Kier molecular flexibility index (Phi) is 2.75. The lowest BCUT2D eigenvalue weighted by molar-refractivity contribution is -0.167. The van der Waals surface area contributed by atoms with E-state index >= 15 is 0 Å². The number of benzene rings is 1. The van der Waals surface area contributed by atoms with Gasteiger partial charge in [-0.05, 0) is 17.6 Å². The van der Waals surface area contributed by atoms with Gasteiger partial charge in [0.25, 0.3) is 0 Å². The van der Waals surface area contributed by atoms with Crippen LogP contribution in [0, 0.1) is 16.7 Å². The molecule has 0 spiro atoms. The minimum absolute atomic E-state index is 0.00307. The van der Waals surface area contributed by atoms with Crippen molar-refractivity contribution in [2.75, 3.05) is 0 Å². The van der Waals surface area contributed by atoms with Crippen molar-refractivity contribution in [2.24, 2.45) is 5.41 Å². The normalized spacial score (nSPS) is 16.8. The lowest BCUT2D eigenvalue weighted by Gasteiger charge is -2.42. The van der Waals surface area contributed by atoms with Crippen molar-refractivity contribution in [3.05, 3.63) is 29.8 Å². The van der Waals surface area contributed by atoms with Gasteiger partial charge >= 0.3 is 7.12 Å². The summed E-state index contributed by atoms with van der Waals surface area (Å²) in [5.41, 5.74) is 1.61. The first-order valence-electron chi connectivity index (χ1n) is 5.32. The van der Waals surface area contributed by atoms with Gasteiger partial charge in [0.1, 0.15) is 6.29 Å². The Balaban J connectivity index is 1.99. The van der Waals surface area contributed by atoms with Crippen molar-refractivity contribution in [1.29, 1.82) is 5.26 Å². The third kappa shape index (κ3) is 2.11. The first kappa shape index (κ1) is 11.2. The van der Waals surface area contributed by atoms with Gasteiger partial charge in [-0.2, -0.15) is 5.26 Å². The maximum atomic E-state index is 8.67. The fraction of sp³-hybridized carbons (Fsp3) is 0.417. The molecule has 0 N–H and O–H groups in total. The molecule has 0 bridgehead atoms. The summed E-state index contributed by atoms with van der Waals surface area (Å²) < 4.78 is 11.3. The van der Waals surface area contributed by atoms with Crippen molar-refractivity contribution in [3.63, 3.8) is 0 Å². The lowest BCUT2D eigenvalue weighted by atomic mass is 9.74. The van der Waals surface area contributed by atoms with Gasteiger partial charge in [-0.3, -0.25) is 0 Å². The minimum atomic E-state index is -0.281. The summed E-state index contributed by atoms with van der Waals surface area (Å²) in [5.74, 6) is 0. The van der Waals surface area contributed by atoms with Gasteiger partial charge in [-0.25, -0.2) is 0 Å². The largest absolute Gasteiger partial charge is 0.497 e. The van der Waals surface area contributed by atoms with Crippen molar-refractivity contribution >= 4 is 12.6 Å². The zero-order valence-electron chi connectivity index (χ0n) is 9.73. The molecule has 0 atom stereocenters. The molecule has 1 fully saturated rings. The van der Waals surface area contributed by atoms with Crippen LogP contribution < -0.4 is 5.46 Å². The molecule has 16 heavy (non-hydrogen) atoms. The Morgan fingerprint density at radius 3 is 2.19 bits per heavy atom. The van der Waals surface area contributed by atoms with Gasteiger partial charge in [-0.15, -0.1) is 0 Å². The molecule has 0 aliphatic carbocycles. The van der Waals surface area contributed by atoms with E-state index in [4.69, 9.17) is 14.6 Å². The quantitative estimate of drug-likeness (QED) is 0.669. The van der Waals surface area contributed by atoms with Gasteiger partial charge in [-0.1, -0.05) is 32.9 Å². The third-order valence-electron chi connectivity index (χ3n) is 2.51. The molecule has 4 heteroatoms. The molecule has 1 saturated heterocycles. The molecular formula is C12H14BNO2. The summed E-state index contributed by atoms with van der Waals surface area (Å²) >= 11 is 0. The van der Waals surface area contributed by atoms with E-state index in [-0.39, 0.29) is 18.8 Å². The number of hydrogen-bond acceptors (Lipinski definition) is 3. The van der Waals surface area contributed by atoms with E-state index in [9.17, 15) is 0 Å². The number of hydrogen-bond donors (Lipinski definition) is 0. The van der Waals surface area contributed by atoms with E-state index in [1.807, 2.05) is 12.1 Å². The monoisotopic (exact) mass is 215 g/mol. The van der Waals surface area contributed by atoms with Crippen LogP contribution in [-0.2, 0) is 9.31 Å². The van der Waals surface area contributed by atoms with E-state index in [1.54, 1.807) is 12.1 Å². The van der Waals surface area contributed by atoms with Gasteiger partial charge in [0.15, 0.2) is 0 Å². The molecular weight excluding hydrogens is 201 g/mol. The third-order valence-corrected chi connectivity index (χ3v) is 2.51. The molecule has 0 saturated carbocycles. The van der Waals surface area contributed by atoms with Crippen LogP contribution in [0.3, 0.4) is 0 Å². The summed E-state index contributed by atoms with van der Waals surface area (Å²) in [6.07, 6.45) is -0.145. The highest BCUT2D eigenvalue weighted by Crippen LogP contribution is 2.30. The van der Waals surface area contributed by atoms with Gasteiger partial charge in [0.2, 0.25) is 0 Å². The standard InChI is InChI=1S/C12H14BNO2/c1-12(2,3)11-15-13(16-11)10-6-4-9(8-14)5-7-10/h4-7,11H,1-3H3. The molecule has 1 aromatic rings. The second kappa shape index (κ2) is 3.93. The highest BCUT2D eigenvalue weighted by Gasteiger charge is 2.44. The Hall–Kier alpha value is -1.31. The average molecular weight is 215 g/mol. The molecule has 82 valence electrons. The summed E-state index contributed by atoms with van der Waals surface area (Å²) in [6.45, 7) is 6.23. The zero-order valence-corrected chi connectivity index (χ0v) is 9.73. The molecule has 2 rings (SSSR count). The Labute approximate surface area is 96.1 Å². The maximum Gasteiger partial charge on any atom is 0.497 e. The molecule has 1 heterocycles. The maximum absolute atomic E-state index is 8.67. The summed E-state index contributed by atoms with van der Waals surface area (Å²) in [6, 6.07) is 9.35. The van der Waals surface area contributed by atoms with Gasteiger partial charge in [0, 0.05) is 5.41 Å². The smallest absolute Gasteiger partial charge is 0.382 e. The van der Waals surface area contributed by atoms with E-state index in [0.717, 1.165) is 5.46 Å². The molecule has 0 amide bonds.